The summed E-state index contributed by atoms with van der Waals surface area (Å²) < 4.78 is 0. The third-order valence-electron chi connectivity index (χ3n) is 3.43. The first-order valence-electron chi connectivity index (χ1n) is 6.07. The van der Waals surface area contributed by atoms with E-state index in [0.29, 0.717) is 5.92 Å². The van der Waals surface area contributed by atoms with Crippen molar-refractivity contribution in [2.24, 2.45) is 5.92 Å². The molecule has 0 bridgehead atoms. The number of hydrogen-bond acceptors (Lipinski definition) is 3. The fraction of sp³-hybridized carbons (Fsp3) is 0.583. The Balaban J connectivity index is 2.04. The number of carbonyl (C=O) groups is 1. The van der Waals surface area contributed by atoms with E-state index in [9.17, 15) is 4.79 Å². The molecule has 0 radical (unpaired) electrons. The standard InChI is InChI=1S/C12H15Cl2N3O/c1-7(8-4-2-3-5-8)15-12(18)9-6-10(13)16-17-11(9)14/h6-8H,2-5H2,1H3,(H,15,18). The largest absolute Gasteiger partial charge is 0.349 e. The summed E-state index contributed by atoms with van der Waals surface area (Å²) in [6.45, 7) is 2.03. The number of carbonyl (C=O) groups excluding carboxylic acids is 1. The van der Waals surface area contributed by atoms with Crippen molar-refractivity contribution in [2.75, 3.05) is 0 Å². The van der Waals surface area contributed by atoms with E-state index in [-0.39, 0.29) is 27.8 Å². The fourth-order valence-electron chi connectivity index (χ4n) is 2.37. The molecule has 1 aliphatic carbocycles. The molecule has 1 aliphatic rings. The third-order valence-corrected chi connectivity index (χ3v) is 3.89. The molecule has 98 valence electrons. The Morgan fingerprint density at radius 1 is 1.39 bits per heavy atom. The highest BCUT2D eigenvalue weighted by atomic mass is 35.5. The number of halogens is 2. The van der Waals surface area contributed by atoms with Gasteiger partial charge in [-0.25, -0.2) is 0 Å². The maximum Gasteiger partial charge on any atom is 0.254 e. The van der Waals surface area contributed by atoms with Crippen molar-refractivity contribution in [3.05, 3.63) is 21.9 Å². The highest BCUT2D eigenvalue weighted by Crippen LogP contribution is 2.27. The van der Waals surface area contributed by atoms with E-state index < -0.39 is 0 Å². The summed E-state index contributed by atoms with van der Waals surface area (Å²) in [4.78, 5) is 12.1. The van der Waals surface area contributed by atoms with Crippen LogP contribution in [0, 0.1) is 5.92 Å². The molecule has 0 spiro atoms. The molecule has 1 saturated carbocycles. The molecule has 1 aromatic rings. The molecule has 18 heavy (non-hydrogen) atoms. The number of hydrogen-bond donors (Lipinski definition) is 1. The van der Waals surface area contributed by atoms with Gasteiger partial charge in [-0.05, 0) is 31.7 Å². The van der Waals surface area contributed by atoms with Crippen molar-refractivity contribution in [1.82, 2.24) is 15.5 Å². The van der Waals surface area contributed by atoms with Gasteiger partial charge in [0.15, 0.2) is 10.3 Å². The monoisotopic (exact) mass is 287 g/mol. The Morgan fingerprint density at radius 3 is 2.72 bits per heavy atom. The Bertz CT molecular complexity index is 447. The predicted molar refractivity (Wildman–Crippen MR) is 70.9 cm³/mol. The first-order chi connectivity index (χ1) is 8.58. The van der Waals surface area contributed by atoms with E-state index in [1.807, 2.05) is 6.92 Å². The molecule has 1 N–H and O–H groups in total. The highest BCUT2D eigenvalue weighted by Gasteiger charge is 2.24. The third kappa shape index (κ3) is 3.12. The molecule has 1 heterocycles. The molecule has 1 amide bonds. The van der Waals surface area contributed by atoms with Crippen LogP contribution < -0.4 is 5.32 Å². The second-order valence-electron chi connectivity index (χ2n) is 4.68. The molecule has 6 heteroatoms. The van der Waals surface area contributed by atoms with Gasteiger partial charge in [0.1, 0.15) is 0 Å². The van der Waals surface area contributed by atoms with Gasteiger partial charge in [-0.15, -0.1) is 10.2 Å². The average Bonchev–Trinajstić information content (AvgIpc) is 2.85. The van der Waals surface area contributed by atoms with Gasteiger partial charge >= 0.3 is 0 Å². The molecule has 1 aromatic heterocycles. The van der Waals surface area contributed by atoms with Gasteiger partial charge in [0, 0.05) is 6.04 Å². The second-order valence-corrected chi connectivity index (χ2v) is 5.42. The van der Waals surface area contributed by atoms with Crippen LogP contribution in [0.25, 0.3) is 0 Å². The van der Waals surface area contributed by atoms with Gasteiger partial charge in [0.05, 0.1) is 5.56 Å². The summed E-state index contributed by atoms with van der Waals surface area (Å²) in [5, 5.41) is 10.4. The minimum Gasteiger partial charge on any atom is -0.349 e. The fourth-order valence-corrected chi connectivity index (χ4v) is 2.70. The van der Waals surface area contributed by atoms with Crippen molar-refractivity contribution in [3.8, 4) is 0 Å². The van der Waals surface area contributed by atoms with Gasteiger partial charge in [0.25, 0.3) is 5.91 Å². The molecular formula is C12H15Cl2N3O. The minimum atomic E-state index is -0.240. The zero-order valence-corrected chi connectivity index (χ0v) is 11.6. The molecule has 2 rings (SSSR count). The Labute approximate surface area is 116 Å². The molecule has 0 aromatic carbocycles. The van der Waals surface area contributed by atoms with Crippen LogP contribution in [0.15, 0.2) is 6.07 Å². The van der Waals surface area contributed by atoms with E-state index >= 15 is 0 Å². The maximum atomic E-state index is 12.1. The number of nitrogens with one attached hydrogen (secondary N) is 1. The Morgan fingerprint density at radius 2 is 2.06 bits per heavy atom. The van der Waals surface area contributed by atoms with Crippen molar-refractivity contribution < 1.29 is 4.79 Å². The van der Waals surface area contributed by atoms with Crippen molar-refractivity contribution in [3.63, 3.8) is 0 Å². The minimum absolute atomic E-state index is 0.0792. The van der Waals surface area contributed by atoms with Crippen LogP contribution in [0.3, 0.4) is 0 Å². The van der Waals surface area contributed by atoms with Gasteiger partial charge in [-0.3, -0.25) is 4.79 Å². The van der Waals surface area contributed by atoms with Gasteiger partial charge in [-0.2, -0.15) is 0 Å². The number of rotatable bonds is 3. The maximum absolute atomic E-state index is 12.1. The average molecular weight is 288 g/mol. The lowest BCUT2D eigenvalue weighted by Crippen LogP contribution is -2.37. The van der Waals surface area contributed by atoms with Crippen LogP contribution in [-0.4, -0.2) is 22.1 Å². The van der Waals surface area contributed by atoms with Crippen molar-refractivity contribution in [1.29, 1.82) is 0 Å². The van der Waals surface area contributed by atoms with Crippen molar-refractivity contribution >= 4 is 29.1 Å². The normalized spacial score (nSPS) is 17.7. The highest BCUT2D eigenvalue weighted by molar-refractivity contribution is 6.34. The molecule has 0 saturated heterocycles. The van der Waals surface area contributed by atoms with E-state index in [1.54, 1.807) is 0 Å². The van der Waals surface area contributed by atoms with Gasteiger partial charge in [-0.1, -0.05) is 36.0 Å². The molecule has 1 atom stereocenters. The first-order valence-corrected chi connectivity index (χ1v) is 6.83. The Kier molecular flexibility index (Phi) is 4.40. The van der Waals surface area contributed by atoms with Crippen LogP contribution in [0.5, 0.6) is 0 Å². The lowest BCUT2D eigenvalue weighted by atomic mass is 9.99. The zero-order chi connectivity index (χ0) is 13.1. The van der Waals surface area contributed by atoms with Gasteiger partial charge in [0.2, 0.25) is 0 Å². The number of amides is 1. The first kappa shape index (κ1) is 13.6. The smallest absolute Gasteiger partial charge is 0.254 e. The topological polar surface area (TPSA) is 54.9 Å². The summed E-state index contributed by atoms with van der Waals surface area (Å²) in [6, 6.07) is 1.58. The summed E-state index contributed by atoms with van der Waals surface area (Å²) in [5.41, 5.74) is 0.279. The quantitative estimate of drug-likeness (QED) is 0.929. The van der Waals surface area contributed by atoms with E-state index in [2.05, 4.69) is 15.5 Å². The summed E-state index contributed by atoms with van der Waals surface area (Å²) in [6.07, 6.45) is 4.83. The lowest BCUT2D eigenvalue weighted by molar-refractivity contribution is 0.0927. The van der Waals surface area contributed by atoms with E-state index in [1.165, 1.54) is 31.7 Å². The van der Waals surface area contributed by atoms with Crippen LogP contribution in [0.1, 0.15) is 43.0 Å². The molecule has 4 nitrogen and oxygen atoms in total. The number of nitrogens with zero attached hydrogens (tertiary/aromatic N) is 2. The summed E-state index contributed by atoms with van der Waals surface area (Å²) >= 11 is 11.6. The number of aromatic nitrogens is 2. The van der Waals surface area contributed by atoms with Crippen LogP contribution in [0.4, 0.5) is 0 Å². The van der Waals surface area contributed by atoms with Crippen molar-refractivity contribution in [2.45, 2.75) is 38.6 Å². The van der Waals surface area contributed by atoms with E-state index in [0.717, 1.165) is 0 Å². The lowest BCUT2D eigenvalue weighted by Gasteiger charge is -2.20. The molecule has 1 unspecified atom stereocenters. The molecule has 1 fully saturated rings. The predicted octanol–water partition coefficient (Wildman–Crippen LogP) is 3.09. The molecular weight excluding hydrogens is 273 g/mol. The Hall–Kier alpha value is -0.870. The van der Waals surface area contributed by atoms with E-state index in [4.69, 9.17) is 23.2 Å². The molecule has 0 aliphatic heterocycles. The van der Waals surface area contributed by atoms with Crippen LogP contribution in [0.2, 0.25) is 10.3 Å². The SMILES string of the molecule is CC(NC(=O)c1cc(Cl)nnc1Cl)C1CCCC1. The van der Waals surface area contributed by atoms with Crippen LogP contribution in [-0.2, 0) is 0 Å². The van der Waals surface area contributed by atoms with Crippen LogP contribution >= 0.6 is 23.2 Å². The second kappa shape index (κ2) is 5.85. The summed E-state index contributed by atoms with van der Waals surface area (Å²) in [5.74, 6) is 0.314. The zero-order valence-electron chi connectivity index (χ0n) is 10.1. The summed E-state index contributed by atoms with van der Waals surface area (Å²) in [7, 11) is 0. The van der Waals surface area contributed by atoms with Gasteiger partial charge < -0.3 is 5.32 Å².